The van der Waals surface area contributed by atoms with Crippen molar-refractivity contribution in [2.75, 3.05) is 38.1 Å². The molecule has 4 heterocycles. The summed E-state index contributed by atoms with van der Waals surface area (Å²) in [4.78, 5) is 22.1. The number of carbonyl (C=O) groups is 1. The first kappa shape index (κ1) is 22.3. The molecule has 1 N–H and O–H groups in total. The maximum absolute atomic E-state index is 13.1. The molecule has 1 amide bonds. The van der Waals surface area contributed by atoms with Crippen molar-refractivity contribution in [2.45, 2.75) is 51.6 Å². The van der Waals surface area contributed by atoms with Crippen LogP contribution in [0.1, 0.15) is 56.2 Å². The van der Waals surface area contributed by atoms with Crippen LogP contribution in [0.4, 0.5) is 5.82 Å². The fourth-order valence-corrected chi connectivity index (χ4v) is 4.67. The third-order valence-corrected chi connectivity index (χ3v) is 6.51. The molecule has 170 valence electrons. The van der Waals surface area contributed by atoms with E-state index in [1.807, 2.05) is 38.5 Å². The number of likely N-dealkylation sites (tertiary alicyclic amines) is 1. The molecule has 0 aliphatic carbocycles. The SMILES string of the molecule is CCC#Cc1ccc(N2CCC(C(=O)N3CCC(n4cc(CNC)cn4)CC3)CC2)nc1. The summed E-state index contributed by atoms with van der Waals surface area (Å²) in [7, 11) is 1.95. The highest BCUT2D eigenvalue weighted by atomic mass is 16.2. The maximum atomic E-state index is 13.1. The van der Waals surface area contributed by atoms with Gasteiger partial charge in [0, 0.05) is 68.6 Å². The minimum Gasteiger partial charge on any atom is -0.357 e. The van der Waals surface area contributed by atoms with Gasteiger partial charge in [-0.25, -0.2) is 4.98 Å². The maximum Gasteiger partial charge on any atom is 0.225 e. The number of anilines is 1. The van der Waals surface area contributed by atoms with Gasteiger partial charge in [0.25, 0.3) is 0 Å². The molecule has 0 bridgehead atoms. The van der Waals surface area contributed by atoms with E-state index in [2.05, 4.69) is 47.9 Å². The minimum absolute atomic E-state index is 0.129. The van der Waals surface area contributed by atoms with Gasteiger partial charge in [0.15, 0.2) is 0 Å². The minimum atomic E-state index is 0.129. The zero-order valence-electron chi connectivity index (χ0n) is 19.3. The molecule has 7 nitrogen and oxygen atoms in total. The molecule has 0 unspecified atom stereocenters. The molecule has 0 atom stereocenters. The summed E-state index contributed by atoms with van der Waals surface area (Å²) in [6.45, 7) is 6.29. The van der Waals surface area contributed by atoms with Gasteiger partial charge in [-0.3, -0.25) is 9.48 Å². The largest absolute Gasteiger partial charge is 0.357 e. The predicted octanol–water partition coefficient (Wildman–Crippen LogP) is 2.84. The van der Waals surface area contributed by atoms with Crippen LogP contribution in [0.25, 0.3) is 0 Å². The summed E-state index contributed by atoms with van der Waals surface area (Å²) in [5.74, 6) is 7.63. The second-order valence-corrected chi connectivity index (χ2v) is 8.74. The number of nitrogens with zero attached hydrogens (tertiary/aromatic N) is 5. The lowest BCUT2D eigenvalue weighted by molar-refractivity contribution is -0.137. The molecule has 7 heteroatoms. The van der Waals surface area contributed by atoms with Crippen LogP contribution in [0.5, 0.6) is 0 Å². The molecule has 0 aromatic carbocycles. The van der Waals surface area contributed by atoms with Gasteiger partial charge in [-0.1, -0.05) is 18.8 Å². The monoisotopic (exact) mass is 434 g/mol. The second kappa shape index (κ2) is 10.6. The molecule has 2 aromatic heterocycles. The van der Waals surface area contributed by atoms with Gasteiger partial charge >= 0.3 is 0 Å². The van der Waals surface area contributed by atoms with Gasteiger partial charge in [-0.15, -0.1) is 0 Å². The first-order valence-electron chi connectivity index (χ1n) is 11.8. The van der Waals surface area contributed by atoms with E-state index in [0.717, 1.165) is 76.2 Å². The van der Waals surface area contributed by atoms with Crippen LogP contribution in [-0.2, 0) is 11.3 Å². The third kappa shape index (κ3) is 5.31. The number of amides is 1. The molecule has 0 spiro atoms. The van der Waals surface area contributed by atoms with Crippen molar-refractivity contribution in [3.05, 3.63) is 41.9 Å². The molecule has 2 aliphatic heterocycles. The number of hydrogen-bond acceptors (Lipinski definition) is 5. The van der Waals surface area contributed by atoms with Gasteiger partial charge in [0.1, 0.15) is 5.82 Å². The van der Waals surface area contributed by atoms with Gasteiger partial charge in [-0.05, 0) is 44.9 Å². The lowest BCUT2D eigenvalue weighted by Crippen LogP contribution is -2.45. The van der Waals surface area contributed by atoms with Crippen molar-refractivity contribution in [2.24, 2.45) is 5.92 Å². The summed E-state index contributed by atoms with van der Waals surface area (Å²) < 4.78 is 2.08. The van der Waals surface area contributed by atoms with Crippen molar-refractivity contribution in [1.29, 1.82) is 0 Å². The van der Waals surface area contributed by atoms with Crippen LogP contribution in [0.15, 0.2) is 30.7 Å². The third-order valence-electron chi connectivity index (χ3n) is 6.51. The summed E-state index contributed by atoms with van der Waals surface area (Å²) in [6.07, 6.45) is 10.5. The molecule has 2 saturated heterocycles. The van der Waals surface area contributed by atoms with Crippen LogP contribution in [0.3, 0.4) is 0 Å². The van der Waals surface area contributed by atoms with Crippen molar-refractivity contribution in [3.8, 4) is 11.8 Å². The lowest BCUT2D eigenvalue weighted by Gasteiger charge is -2.37. The zero-order valence-corrected chi connectivity index (χ0v) is 19.3. The van der Waals surface area contributed by atoms with Gasteiger partial charge in [-0.2, -0.15) is 5.10 Å². The Kier molecular flexibility index (Phi) is 7.43. The topological polar surface area (TPSA) is 66.3 Å². The molecule has 2 aromatic rings. The average Bonchev–Trinajstić information content (AvgIpc) is 3.32. The Bertz CT molecular complexity index is 941. The van der Waals surface area contributed by atoms with Gasteiger partial charge in [0.05, 0.1) is 12.2 Å². The highest BCUT2D eigenvalue weighted by molar-refractivity contribution is 5.79. The smallest absolute Gasteiger partial charge is 0.225 e. The van der Waals surface area contributed by atoms with Crippen molar-refractivity contribution in [3.63, 3.8) is 0 Å². The lowest BCUT2D eigenvalue weighted by atomic mass is 9.93. The number of aromatic nitrogens is 3. The number of rotatable bonds is 5. The number of pyridine rings is 1. The zero-order chi connectivity index (χ0) is 22.3. The average molecular weight is 435 g/mol. The Hall–Kier alpha value is -2.85. The molecular formula is C25H34N6O. The number of nitrogens with one attached hydrogen (secondary N) is 1. The van der Waals surface area contributed by atoms with Gasteiger partial charge in [0.2, 0.25) is 5.91 Å². The quantitative estimate of drug-likeness (QED) is 0.733. The van der Waals surface area contributed by atoms with Crippen molar-refractivity contribution in [1.82, 2.24) is 25.0 Å². The Morgan fingerprint density at radius 3 is 2.56 bits per heavy atom. The van der Waals surface area contributed by atoms with Crippen LogP contribution in [-0.4, -0.2) is 58.8 Å². The Morgan fingerprint density at radius 1 is 1.12 bits per heavy atom. The van der Waals surface area contributed by atoms with Crippen molar-refractivity contribution < 1.29 is 4.79 Å². The van der Waals surface area contributed by atoms with Crippen LogP contribution in [0, 0.1) is 17.8 Å². The fraction of sp³-hybridized carbons (Fsp3) is 0.560. The summed E-state index contributed by atoms with van der Waals surface area (Å²) in [5, 5.41) is 7.69. The van der Waals surface area contributed by atoms with Crippen LogP contribution >= 0.6 is 0 Å². The molecular weight excluding hydrogens is 400 g/mol. The summed E-state index contributed by atoms with van der Waals surface area (Å²) in [6, 6.07) is 4.47. The Labute approximate surface area is 191 Å². The van der Waals surface area contributed by atoms with E-state index >= 15 is 0 Å². The molecule has 0 radical (unpaired) electrons. The van der Waals surface area contributed by atoms with Crippen molar-refractivity contribution >= 4 is 11.7 Å². The normalized spacial score (nSPS) is 17.8. The number of hydrogen-bond donors (Lipinski definition) is 1. The molecule has 0 saturated carbocycles. The van der Waals surface area contributed by atoms with Crippen LogP contribution in [0.2, 0.25) is 0 Å². The molecule has 2 aliphatic rings. The highest BCUT2D eigenvalue weighted by Gasteiger charge is 2.31. The summed E-state index contributed by atoms with van der Waals surface area (Å²) in [5.41, 5.74) is 2.16. The molecule has 2 fully saturated rings. The first-order chi connectivity index (χ1) is 15.7. The van der Waals surface area contributed by atoms with E-state index in [1.165, 1.54) is 5.56 Å². The van der Waals surface area contributed by atoms with Gasteiger partial charge < -0.3 is 15.1 Å². The molecule has 4 rings (SSSR count). The number of piperidine rings is 2. The van der Waals surface area contributed by atoms with E-state index < -0.39 is 0 Å². The summed E-state index contributed by atoms with van der Waals surface area (Å²) >= 11 is 0. The van der Waals surface area contributed by atoms with E-state index in [0.29, 0.717) is 11.9 Å². The first-order valence-corrected chi connectivity index (χ1v) is 11.8. The van der Waals surface area contributed by atoms with Crippen LogP contribution < -0.4 is 10.2 Å². The Balaban J connectivity index is 1.25. The number of carbonyl (C=O) groups excluding carboxylic acids is 1. The van der Waals surface area contributed by atoms with E-state index in [9.17, 15) is 4.79 Å². The van der Waals surface area contributed by atoms with E-state index in [-0.39, 0.29) is 5.92 Å². The Morgan fingerprint density at radius 2 is 1.91 bits per heavy atom. The second-order valence-electron chi connectivity index (χ2n) is 8.74. The molecule has 32 heavy (non-hydrogen) atoms. The fourth-order valence-electron chi connectivity index (χ4n) is 4.67. The van der Waals surface area contributed by atoms with E-state index in [1.54, 1.807) is 0 Å². The standard InChI is InChI=1S/C25H34N6O/c1-3-4-5-20-6-7-24(27-17-20)29-12-8-22(9-13-29)25(32)30-14-10-23(11-15-30)31-19-21(16-26-2)18-28-31/h6-7,17-19,22-23,26H,3,8-16H2,1-2H3. The highest BCUT2D eigenvalue weighted by Crippen LogP contribution is 2.27. The van der Waals surface area contributed by atoms with E-state index in [4.69, 9.17) is 0 Å². The predicted molar refractivity (Wildman–Crippen MR) is 126 cm³/mol.